The minimum absolute atomic E-state index is 0.0260. The van der Waals surface area contributed by atoms with Crippen molar-refractivity contribution in [3.8, 4) is 0 Å². The van der Waals surface area contributed by atoms with Gasteiger partial charge >= 0.3 is 0 Å². The summed E-state index contributed by atoms with van der Waals surface area (Å²) < 4.78 is 5.00. The lowest BCUT2D eigenvalue weighted by molar-refractivity contribution is -0.122. The third-order valence-electron chi connectivity index (χ3n) is 2.12. The van der Waals surface area contributed by atoms with Crippen molar-refractivity contribution in [2.24, 2.45) is 5.73 Å². The number of carbonyl (C=O) groups excluding carboxylic acids is 1. The predicted molar refractivity (Wildman–Crippen MR) is 61.6 cm³/mol. The van der Waals surface area contributed by atoms with E-state index in [2.05, 4.69) is 12.2 Å². The van der Waals surface area contributed by atoms with Crippen LogP contribution in [-0.4, -0.2) is 32.2 Å². The standard InChI is InChI=1S/C11H24N2O2/c1-2-3-4-5-6-7-13-8-9-15-10-11(12)14/h13H,2-10H2,1H3,(H2,12,14). The Labute approximate surface area is 92.6 Å². The first-order valence-electron chi connectivity index (χ1n) is 5.84. The van der Waals surface area contributed by atoms with Crippen LogP contribution < -0.4 is 11.1 Å². The summed E-state index contributed by atoms with van der Waals surface area (Å²) in [5.41, 5.74) is 4.92. The Kier molecular flexibility index (Phi) is 11.0. The Balaban J connectivity index is 2.89. The van der Waals surface area contributed by atoms with E-state index in [1.807, 2.05) is 0 Å². The molecule has 0 saturated carbocycles. The van der Waals surface area contributed by atoms with Crippen LogP contribution in [-0.2, 0) is 9.53 Å². The summed E-state index contributed by atoms with van der Waals surface area (Å²) >= 11 is 0. The number of ether oxygens (including phenoxy) is 1. The molecule has 4 heteroatoms. The molecule has 0 aliphatic rings. The largest absolute Gasteiger partial charge is 0.370 e. The number of amides is 1. The van der Waals surface area contributed by atoms with Crippen molar-refractivity contribution in [3.05, 3.63) is 0 Å². The zero-order valence-corrected chi connectivity index (χ0v) is 9.76. The second kappa shape index (κ2) is 11.5. The molecular weight excluding hydrogens is 192 g/mol. The van der Waals surface area contributed by atoms with E-state index in [-0.39, 0.29) is 6.61 Å². The smallest absolute Gasteiger partial charge is 0.243 e. The fourth-order valence-corrected chi connectivity index (χ4v) is 1.30. The third-order valence-corrected chi connectivity index (χ3v) is 2.12. The normalized spacial score (nSPS) is 10.5. The van der Waals surface area contributed by atoms with Gasteiger partial charge in [-0.3, -0.25) is 4.79 Å². The van der Waals surface area contributed by atoms with Crippen molar-refractivity contribution in [1.29, 1.82) is 0 Å². The molecule has 0 unspecified atom stereocenters. The number of carbonyl (C=O) groups is 1. The summed E-state index contributed by atoms with van der Waals surface area (Å²) in [4.78, 5) is 10.3. The first-order valence-corrected chi connectivity index (χ1v) is 5.84. The summed E-state index contributed by atoms with van der Waals surface area (Å²) in [6.45, 7) is 4.62. The average Bonchev–Trinajstić information content (AvgIpc) is 2.20. The predicted octanol–water partition coefficient (Wildman–Crippen LogP) is 1.05. The van der Waals surface area contributed by atoms with Gasteiger partial charge in [-0.05, 0) is 13.0 Å². The quantitative estimate of drug-likeness (QED) is 0.507. The Bertz CT molecular complexity index is 152. The number of hydrogen-bond acceptors (Lipinski definition) is 3. The van der Waals surface area contributed by atoms with Crippen molar-refractivity contribution < 1.29 is 9.53 Å². The molecule has 0 saturated heterocycles. The van der Waals surface area contributed by atoms with E-state index in [0.717, 1.165) is 13.1 Å². The van der Waals surface area contributed by atoms with Gasteiger partial charge in [0.25, 0.3) is 0 Å². The molecule has 0 radical (unpaired) electrons. The number of rotatable bonds is 11. The SMILES string of the molecule is CCCCCCCNCCOCC(N)=O. The van der Waals surface area contributed by atoms with E-state index in [9.17, 15) is 4.79 Å². The minimum atomic E-state index is -0.408. The van der Waals surface area contributed by atoms with Crippen LogP contribution in [0.15, 0.2) is 0 Å². The number of unbranched alkanes of at least 4 members (excludes halogenated alkanes) is 4. The molecule has 1 amide bonds. The first-order chi connectivity index (χ1) is 7.27. The van der Waals surface area contributed by atoms with Gasteiger partial charge in [0, 0.05) is 6.54 Å². The maximum atomic E-state index is 10.3. The molecule has 3 N–H and O–H groups in total. The maximum absolute atomic E-state index is 10.3. The molecule has 90 valence electrons. The highest BCUT2D eigenvalue weighted by Crippen LogP contribution is 2.00. The molecule has 0 spiro atoms. The monoisotopic (exact) mass is 216 g/mol. The molecule has 0 aliphatic heterocycles. The van der Waals surface area contributed by atoms with Gasteiger partial charge in [0.05, 0.1) is 6.61 Å². The molecule has 0 rings (SSSR count). The fourth-order valence-electron chi connectivity index (χ4n) is 1.30. The van der Waals surface area contributed by atoms with E-state index < -0.39 is 5.91 Å². The van der Waals surface area contributed by atoms with E-state index in [0.29, 0.717) is 6.61 Å². The summed E-state index contributed by atoms with van der Waals surface area (Å²) in [6, 6.07) is 0. The zero-order chi connectivity index (χ0) is 11.4. The van der Waals surface area contributed by atoms with E-state index >= 15 is 0 Å². The van der Waals surface area contributed by atoms with Gasteiger partial charge in [-0.25, -0.2) is 0 Å². The van der Waals surface area contributed by atoms with Crippen LogP contribution in [0.3, 0.4) is 0 Å². The van der Waals surface area contributed by atoms with E-state index in [4.69, 9.17) is 10.5 Å². The zero-order valence-electron chi connectivity index (χ0n) is 9.76. The fraction of sp³-hybridized carbons (Fsp3) is 0.909. The lowest BCUT2D eigenvalue weighted by Gasteiger charge is -2.04. The Morgan fingerprint density at radius 1 is 1.20 bits per heavy atom. The van der Waals surface area contributed by atoms with Crippen molar-refractivity contribution in [2.45, 2.75) is 39.0 Å². The summed E-state index contributed by atoms with van der Waals surface area (Å²) in [6.07, 6.45) is 6.46. The highest BCUT2D eigenvalue weighted by molar-refractivity contribution is 5.74. The second-order valence-electron chi connectivity index (χ2n) is 3.68. The Morgan fingerprint density at radius 2 is 1.93 bits per heavy atom. The second-order valence-corrected chi connectivity index (χ2v) is 3.68. The highest BCUT2D eigenvalue weighted by atomic mass is 16.5. The van der Waals surface area contributed by atoms with Gasteiger partial charge in [0.2, 0.25) is 5.91 Å². The number of primary amides is 1. The molecule has 15 heavy (non-hydrogen) atoms. The van der Waals surface area contributed by atoms with Crippen molar-refractivity contribution >= 4 is 5.91 Å². The van der Waals surface area contributed by atoms with Gasteiger partial charge in [0.1, 0.15) is 6.61 Å². The van der Waals surface area contributed by atoms with Crippen LogP contribution in [0, 0.1) is 0 Å². The van der Waals surface area contributed by atoms with Crippen LogP contribution in [0.2, 0.25) is 0 Å². The molecule has 0 heterocycles. The third kappa shape index (κ3) is 13.4. The summed E-state index contributed by atoms with van der Waals surface area (Å²) in [7, 11) is 0. The van der Waals surface area contributed by atoms with Crippen LogP contribution in [0.5, 0.6) is 0 Å². The molecule has 0 atom stereocenters. The van der Waals surface area contributed by atoms with E-state index in [1.165, 1.54) is 32.1 Å². The topological polar surface area (TPSA) is 64.3 Å². The number of hydrogen-bond donors (Lipinski definition) is 2. The highest BCUT2D eigenvalue weighted by Gasteiger charge is 1.93. The van der Waals surface area contributed by atoms with Gasteiger partial charge in [-0.15, -0.1) is 0 Å². The van der Waals surface area contributed by atoms with Gasteiger partial charge in [0.15, 0.2) is 0 Å². The number of nitrogens with one attached hydrogen (secondary N) is 1. The van der Waals surface area contributed by atoms with Crippen LogP contribution in [0.1, 0.15) is 39.0 Å². The molecule has 0 fully saturated rings. The summed E-state index contributed by atoms with van der Waals surface area (Å²) in [5.74, 6) is -0.408. The molecule has 0 aromatic carbocycles. The first kappa shape index (κ1) is 14.4. The average molecular weight is 216 g/mol. The van der Waals surface area contributed by atoms with Gasteiger partial charge in [-0.2, -0.15) is 0 Å². The Morgan fingerprint density at radius 3 is 2.60 bits per heavy atom. The van der Waals surface area contributed by atoms with Crippen molar-refractivity contribution in [3.63, 3.8) is 0 Å². The summed E-state index contributed by atoms with van der Waals surface area (Å²) in [5, 5.41) is 3.26. The maximum Gasteiger partial charge on any atom is 0.243 e. The number of nitrogens with two attached hydrogens (primary N) is 1. The van der Waals surface area contributed by atoms with Crippen molar-refractivity contribution in [2.75, 3.05) is 26.3 Å². The molecule has 0 aromatic rings. The molecule has 0 aromatic heterocycles. The Hall–Kier alpha value is -0.610. The molecular formula is C11H24N2O2. The van der Waals surface area contributed by atoms with E-state index in [1.54, 1.807) is 0 Å². The minimum Gasteiger partial charge on any atom is -0.370 e. The molecule has 0 aliphatic carbocycles. The van der Waals surface area contributed by atoms with Gasteiger partial charge < -0.3 is 15.8 Å². The molecule has 4 nitrogen and oxygen atoms in total. The van der Waals surface area contributed by atoms with Crippen LogP contribution >= 0.6 is 0 Å². The molecule has 0 bridgehead atoms. The van der Waals surface area contributed by atoms with Crippen LogP contribution in [0.25, 0.3) is 0 Å². The lowest BCUT2D eigenvalue weighted by atomic mass is 10.1. The van der Waals surface area contributed by atoms with Crippen molar-refractivity contribution in [1.82, 2.24) is 5.32 Å². The lowest BCUT2D eigenvalue weighted by Crippen LogP contribution is -2.24. The van der Waals surface area contributed by atoms with Gasteiger partial charge in [-0.1, -0.05) is 32.6 Å². The van der Waals surface area contributed by atoms with Crippen LogP contribution in [0.4, 0.5) is 0 Å².